The first-order valence-corrected chi connectivity index (χ1v) is 13.0. The third-order valence-electron chi connectivity index (χ3n) is 6.63. The van der Waals surface area contributed by atoms with Crippen LogP contribution in [0.3, 0.4) is 0 Å². The van der Waals surface area contributed by atoms with Crippen LogP contribution in [0.4, 0.5) is 5.69 Å². The van der Waals surface area contributed by atoms with Gasteiger partial charge in [0.25, 0.3) is 5.56 Å². The van der Waals surface area contributed by atoms with Gasteiger partial charge in [-0.1, -0.05) is 30.3 Å². The van der Waals surface area contributed by atoms with Crippen molar-refractivity contribution in [3.8, 4) is 0 Å². The van der Waals surface area contributed by atoms with E-state index in [4.69, 9.17) is 26.2 Å². The molecule has 0 unspecified atom stereocenters. The van der Waals surface area contributed by atoms with Gasteiger partial charge in [0, 0.05) is 49.0 Å². The second-order valence-electron chi connectivity index (χ2n) is 9.42. The van der Waals surface area contributed by atoms with Crippen molar-refractivity contribution in [1.29, 1.82) is 5.41 Å². The number of pyridine rings is 1. The molecule has 1 saturated heterocycles. The zero-order valence-electron chi connectivity index (χ0n) is 21.1. The predicted octanol–water partition coefficient (Wildman–Crippen LogP) is 5.68. The molecule has 3 N–H and O–H groups in total. The fraction of sp³-hybridized carbons (Fsp3) is 0.393. The maximum atomic E-state index is 12.6. The van der Waals surface area contributed by atoms with Crippen molar-refractivity contribution < 1.29 is 13.9 Å². The lowest BCUT2D eigenvalue weighted by Gasteiger charge is -2.32. The molecule has 9 heteroatoms. The van der Waals surface area contributed by atoms with E-state index in [1.165, 1.54) is 6.20 Å². The summed E-state index contributed by atoms with van der Waals surface area (Å²) in [4.78, 5) is 29.3. The first-order chi connectivity index (χ1) is 17.8. The number of hydrogen-bond acceptors (Lipinski definition) is 6. The number of H-pyrrole nitrogens is 1. The summed E-state index contributed by atoms with van der Waals surface area (Å²) in [5.41, 5.74) is 3.05. The van der Waals surface area contributed by atoms with E-state index in [0.29, 0.717) is 66.1 Å². The van der Waals surface area contributed by atoms with Gasteiger partial charge in [0.2, 0.25) is 5.91 Å². The van der Waals surface area contributed by atoms with Crippen LogP contribution in [-0.2, 0) is 9.53 Å². The van der Waals surface area contributed by atoms with Crippen LogP contribution in [-0.4, -0.2) is 47.8 Å². The van der Waals surface area contributed by atoms with E-state index >= 15 is 0 Å². The molecular weight excluding hydrogens is 492 g/mol. The average Bonchev–Trinajstić information content (AvgIpc) is 3.26. The van der Waals surface area contributed by atoms with Gasteiger partial charge in [-0.15, -0.1) is 0 Å². The molecule has 0 atom stereocenters. The maximum Gasteiger partial charge on any atom is 0.251 e. The molecule has 0 bridgehead atoms. The molecule has 8 nitrogen and oxygen atoms in total. The monoisotopic (exact) mass is 524 g/mol. The smallest absolute Gasteiger partial charge is 0.251 e. The third kappa shape index (κ3) is 6.70. The maximum absolute atomic E-state index is 12.6. The zero-order chi connectivity index (χ0) is 26.4. The van der Waals surface area contributed by atoms with Crippen LogP contribution in [0.15, 0.2) is 58.0 Å². The molecule has 1 aliphatic heterocycles. The van der Waals surface area contributed by atoms with Gasteiger partial charge in [0.05, 0.1) is 23.0 Å². The number of halogens is 1. The summed E-state index contributed by atoms with van der Waals surface area (Å²) >= 11 is 6.03. The van der Waals surface area contributed by atoms with Gasteiger partial charge in [-0.3, -0.25) is 9.59 Å². The van der Waals surface area contributed by atoms with Crippen molar-refractivity contribution in [2.75, 3.05) is 31.6 Å². The highest BCUT2D eigenvalue weighted by molar-refractivity contribution is 6.30. The Morgan fingerprint density at radius 1 is 1.30 bits per heavy atom. The summed E-state index contributed by atoms with van der Waals surface area (Å²) in [7, 11) is 0. The van der Waals surface area contributed by atoms with Gasteiger partial charge < -0.3 is 29.8 Å². The molecule has 2 aromatic heterocycles. The van der Waals surface area contributed by atoms with Gasteiger partial charge in [-0.2, -0.15) is 0 Å². The molecule has 196 valence electrons. The molecule has 3 heterocycles. The Morgan fingerprint density at radius 2 is 2.05 bits per heavy atom. The summed E-state index contributed by atoms with van der Waals surface area (Å²) < 4.78 is 11.6. The van der Waals surface area contributed by atoms with E-state index in [1.807, 2.05) is 29.2 Å². The second-order valence-corrected chi connectivity index (χ2v) is 9.86. The summed E-state index contributed by atoms with van der Waals surface area (Å²) in [6.07, 6.45) is 5.02. The Balaban J connectivity index is 1.14. The number of piperidine rings is 1. The molecule has 3 aromatic rings. The SMILES string of the molecule is C=C(COCCCCC(=O)N1CCC(c2cc(Cl)c[nH]c2=O)CC1)Nc1c(C(C)=N)oc2ccccc12. The summed E-state index contributed by atoms with van der Waals surface area (Å²) in [6, 6.07) is 9.37. The highest BCUT2D eigenvalue weighted by atomic mass is 35.5. The minimum absolute atomic E-state index is 0.101. The van der Waals surface area contributed by atoms with Crippen molar-refractivity contribution in [1.82, 2.24) is 9.88 Å². The lowest BCUT2D eigenvalue weighted by Crippen LogP contribution is -2.38. The molecule has 0 radical (unpaired) electrons. The predicted molar refractivity (Wildman–Crippen MR) is 147 cm³/mol. The molecule has 0 aliphatic carbocycles. The summed E-state index contributed by atoms with van der Waals surface area (Å²) in [6.45, 7) is 7.87. The minimum Gasteiger partial charge on any atom is -0.453 e. The van der Waals surface area contributed by atoms with Crippen LogP contribution in [0.5, 0.6) is 0 Å². The minimum atomic E-state index is -0.101. The summed E-state index contributed by atoms with van der Waals surface area (Å²) in [5, 5.41) is 12.7. The van der Waals surface area contributed by atoms with Gasteiger partial charge in [0.15, 0.2) is 5.76 Å². The van der Waals surface area contributed by atoms with Crippen LogP contribution in [0.2, 0.25) is 5.02 Å². The molecule has 1 fully saturated rings. The number of fused-ring (bicyclic) bond motifs is 1. The van der Waals surface area contributed by atoms with Crippen LogP contribution in [0, 0.1) is 5.41 Å². The Morgan fingerprint density at radius 3 is 2.81 bits per heavy atom. The van der Waals surface area contributed by atoms with E-state index in [0.717, 1.165) is 36.8 Å². The number of hydrogen-bond donors (Lipinski definition) is 3. The number of ether oxygens (including phenoxy) is 1. The normalized spacial score (nSPS) is 14.2. The van der Waals surface area contributed by atoms with Crippen molar-refractivity contribution >= 4 is 39.9 Å². The number of nitrogens with zero attached hydrogens (tertiary/aromatic N) is 1. The van der Waals surface area contributed by atoms with Crippen molar-refractivity contribution in [2.24, 2.45) is 0 Å². The zero-order valence-corrected chi connectivity index (χ0v) is 21.8. The van der Waals surface area contributed by atoms with E-state index in [1.54, 1.807) is 13.0 Å². The third-order valence-corrected chi connectivity index (χ3v) is 6.85. The Bertz CT molecular complexity index is 1340. The lowest BCUT2D eigenvalue weighted by molar-refractivity contribution is -0.132. The molecule has 0 spiro atoms. The number of anilines is 1. The molecule has 37 heavy (non-hydrogen) atoms. The first-order valence-electron chi connectivity index (χ1n) is 12.6. The van der Waals surface area contributed by atoms with Crippen LogP contribution in [0.1, 0.15) is 56.3 Å². The number of unbranched alkanes of at least 4 members (excludes halogenated alkanes) is 1. The fourth-order valence-corrected chi connectivity index (χ4v) is 4.87. The lowest BCUT2D eigenvalue weighted by atomic mass is 9.90. The van der Waals surface area contributed by atoms with E-state index in [-0.39, 0.29) is 17.4 Å². The number of likely N-dealkylation sites (tertiary alicyclic amines) is 1. The van der Waals surface area contributed by atoms with Gasteiger partial charge in [0.1, 0.15) is 5.58 Å². The number of amides is 1. The average molecular weight is 525 g/mol. The number of benzene rings is 1. The highest BCUT2D eigenvalue weighted by Crippen LogP contribution is 2.32. The van der Waals surface area contributed by atoms with E-state index in [2.05, 4.69) is 16.9 Å². The molecule has 0 saturated carbocycles. The van der Waals surface area contributed by atoms with Crippen LogP contribution in [0.25, 0.3) is 11.0 Å². The number of carbonyl (C=O) groups excluding carboxylic acids is 1. The van der Waals surface area contributed by atoms with Crippen molar-refractivity contribution in [2.45, 2.75) is 44.9 Å². The molecule has 1 aliphatic rings. The Labute approximate surface area is 221 Å². The van der Waals surface area contributed by atoms with Crippen LogP contribution < -0.4 is 10.9 Å². The second kappa shape index (κ2) is 12.3. The standard InChI is InChI=1S/C28H33ClN4O4/c1-18(32-26-22-7-3-4-8-24(22)37-27(26)19(2)30)17-36-14-6-5-9-25(34)33-12-10-20(11-13-33)23-15-21(29)16-31-28(23)35/h3-4,7-8,15-16,20,30,32H,1,5-6,9-14,17H2,2H3,(H,31,35). The number of aromatic nitrogens is 1. The summed E-state index contributed by atoms with van der Waals surface area (Å²) in [5.74, 6) is 0.760. The molecular formula is C28H33ClN4O4. The largest absolute Gasteiger partial charge is 0.453 e. The molecule has 4 rings (SSSR count). The quantitative estimate of drug-likeness (QED) is 0.221. The number of nitrogens with one attached hydrogen (secondary N) is 3. The Kier molecular flexibility index (Phi) is 8.84. The highest BCUT2D eigenvalue weighted by Gasteiger charge is 2.25. The van der Waals surface area contributed by atoms with Crippen molar-refractivity contribution in [3.05, 3.63) is 75.5 Å². The van der Waals surface area contributed by atoms with E-state index in [9.17, 15) is 9.59 Å². The Hall–Kier alpha value is -3.36. The van der Waals surface area contributed by atoms with E-state index < -0.39 is 0 Å². The van der Waals surface area contributed by atoms with Gasteiger partial charge in [-0.05, 0) is 56.7 Å². The number of para-hydroxylation sites is 1. The van der Waals surface area contributed by atoms with Crippen molar-refractivity contribution in [3.63, 3.8) is 0 Å². The first kappa shape index (κ1) is 26.7. The fourth-order valence-electron chi connectivity index (χ4n) is 4.70. The van der Waals surface area contributed by atoms with Crippen LogP contribution >= 0.6 is 11.6 Å². The molecule has 1 aromatic carbocycles. The number of aromatic amines is 1. The molecule has 1 amide bonds. The number of rotatable bonds is 11. The van der Waals surface area contributed by atoms with Gasteiger partial charge in [-0.25, -0.2) is 0 Å². The van der Waals surface area contributed by atoms with Gasteiger partial charge >= 0.3 is 0 Å². The topological polar surface area (TPSA) is 111 Å². The number of furan rings is 1. The number of carbonyl (C=O) groups is 1.